The van der Waals surface area contributed by atoms with Gasteiger partial charge in [0.1, 0.15) is 12.7 Å². The predicted octanol–water partition coefficient (Wildman–Crippen LogP) is 4.85. The molecular formula is C27H25N5O2. The minimum Gasteiger partial charge on any atom is -0.461 e. The molecule has 1 fully saturated rings. The van der Waals surface area contributed by atoms with Gasteiger partial charge < -0.3 is 4.74 Å². The van der Waals surface area contributed by atoms with E-state index in [1.165, 1.54) is 0 Å². The zero-order valence-corrected chi connectivity index (χ0v) is 19.1. The number of carbonyl (C=O) groups excluding carboxylic acids is 1. The minimum absolute atomic E-state index is 0.137. The number of carbonyl (C=O) groups is 1. The second kappa shape index (κ2) is 9.06. The molecule has 2 aromatic carbocycles. The number of hydrogen-bond acceptors (Lipinski definition) is 6. The number of benzene rings is 2. The van der Waals surface area contributed by atoms with Crippen LogP contribution in [0.5, 0.6) is 0 Å². The average Bonchev–Trinajstić information content (AvgIpc) is 3.50. The van der Waals surface area contributed by atoms with E-state index in [-0.39, 0.29) is 30.2 Å². The molecule has 7 nitrogen and oxygen atoms in total. The van der Waals surface area contributed by atoms with Crippen molar-refractivity contribution in [2.45, 2.75) is 44.1 Å². The van der Waals surface area contributed by atoms with Crippen LogP contribution in [0.25, 0.3) is 22.0 Å². The minimum atomic E-state index is -0.383. The van der Waals surface area contributed by atoms with Crippen molar-refractivity contribution in [3.63, 3.8) is 0 Å². The number of nitriles is 1. The first-order valence-corrected chi connectivity index (χ1v) is 11.5. The number of hydrogen-bond donors (Lipinski definition) is 0. The molecule has 2 heterocycles. The summed E-state index contributed by atoms with van der Waals surface area (Å²) in [5.41, 5.74) is 4.54. The highest BCUT2D eigenvalue weighted by Gasteiger charge is 2.39. The lowest BCUT2D eigenvalue weighted by molar-refractivity contribution is -0.146. The number of esters is 1. The molecule has 1 saturated carbocycles. The lowest BCUT2D eigenvalue weighted by Gasteiger charge is -2.27. The van der Waals surface area contributed by atoms with Crippen LogP contribution in [0.3, 0.4) is 0 Å². The lowest BCUT2D eigenvalue weighted by Crippen LogP contribution is -2.28. The van der Waals surface area contributed by atoms with E-state index in [1.807, 2.05) is 42.2 Å². The van der Waals surface area contributed by atoms with Crippen LogP contribution in [0.4, 0.5) is 0 Å². The summed E-state index contributed by atoms with van der Waals surface area (Å²) in [4.78, 5) is 21.2. The maximum Gasteiger partial charge on any atom is 0.307 e. The third-order valence-electron chi connectivity index (χ3n) is 6.75. The first-order chi connectivity index (χ1) is 16.6. The maximum absolute atomic E-state index is 12.9. The summed E-state index contributed by atoms with van der Waals surface area (Å²) >= 11 is 0. The van der Waals surface area contributed by atoms with Crippen LogP contribution < -0.4 is 0 Å². The molecule has 0 amide bonds. The van der Waals surface area contributed by atoms with Gasteiger partial charge in [-0.15, -0.1) is 0 Å². The average molecular weight is 452 g/mol. The monoisotopic (exact) mass is 451 g/mol. The highest BCUT2D eigenvalue weighted by atomic mass is 16.5. The normalized spacial score (nSPS) is 14.7. The summed E-state index contributed by atoms with van der Waals surface area (Å²) in [6.07, 6.45) is 7.48. The van der Waals surface area contributed by atoms with Gasteiger partial charge in [-0.2, -0.15) is 10.4 Å². The Kier molecular flexibility index (Phi) is 5.81. The van der Waals surface area contributed by atoms with Crippen molar-refractivity contribution in [2.75, 3.05) is 0 Å². The van der Waals surface area contributed by atoms with Crippen molar-refractivity contribution >= 4 is 16.9 Å². The molecule has 0 saturated heterocycles. The van der Waals surface area contributed by atoms with Crippen molar-refractivity contribution in [3.8, 4) is 17.2 Å². The topological polar surface area (TPSA) is 93.7 Å². The number of nitrogens with zero attached hydrogens (tertiary/aromatic N) is 5. The van der Waals surface area contributed by atoms with Crippen molar-refractivity contribution in [3.05, 3.63) is 78.0 Å². The van der Waals surface area contributed by atoms with E-state index in [2.05, 4.69) is 45.4 Å². The Labute approximate surface area is 198 Å². The molecule has 0 unspecified atom stereocenters. The fourth-order valence-corrected chi connectivity index (χ4v) is 4.94. The molecule has 0 spiro atoms. The number of aromatic nitrogens is 4. The third kappa shape index (κ3) is 4.27. The Bertz CT molecular complexity index is 1400. The number of ether oxygens (including phenoxy) is 1. The molecule has 7 heteroatoms. The van der Waals surface area contributed by atoms with Gasteiger partial charge in [0, 0.05) is 24.0 Å². The van der Waals surface area contributed by atoms with E-state index in [1.54, 1.807) is 6.20 Å². The number of rotatable bonds is 6. The zero-order chi connectivity index (χ0) is 23.5. The van der Waals surface area contributed by atoms with Gasteiger partial charge in [-0.25, -0.2) is 9.97 Å². The van der Waals surface area contributed by atoms with Crippen LogP contribution in [0.2, 0.25) is 0 Å². The molecule has 0 bridgehead atoms. The SMILES string of the molecule is Cn1ncc2ccc(-c3cccc(COC(=O)CC4(c5ccnc(C#N)n5)CCCC4)c3)cc21. The first-order valence-electron chi connectivity index (χ1n) is 11.5. The molecule has 170 valence electrons. The van der Waals surface area contributed by atoms with Gasteiger partial charge in [-0.05, 0) is 47.7 Å². The number of aryl methyl sites for hydroxylation is 1. The third-order valence-corrected chi connectivity index (χ3v) is 6.75. The zero-order valence-electron chi connectivity index (χ0n) is 19.1. The molecule has 0 atom stereocenters. The maximum atomic E-state index is 12.9. The van der Waals surface area contributed by atoms with Gasteiger partial charge in [-0.3, -0.25) is 9.48 Å². The molecule has 4 aromatic rings. The Morgan fingerprint density at radius 2 is 1.97 bits per heavy atom. The van der Waals surface area contributed by atoms with Crippen LogP contribution in [-0.2, 0) is 28.6 Å². The summed E-state index contributed by atoms with van der Waals surface area (Å²) < 4.78 is 7.56. The van der Waals surface area contributed by atoms with Gasteiger partial charge >= 0.3 is 5.97 Å². The van der Waals surface area contributed by atoms with Crippen LogP contribution in [0.15, 0.2) is 60.9 Å². The van der Waals surface area contributed by atoms with Crippen molar-refractivity contribution in [1.82, 2.24) is 19.7 Å². The van der Waals surface area contributed by atoms with Gasteiger partial charge in [0.2, 0.25) is 5.82 Å². The van der Waals surface area contributed by atoms with Crippen molar-refractivity contribution < 1.29 is 9.53 Å². The molecule has 0 radical (unpaired) electrons. The molecule has 1 aliphatic carbocycles. The summed E-state index contributed by atoms with van der Waals surface area (Å²) in [7, 11) is 1.93. The predicted molar refractivity (Wildman–Crippen MR) is 127 cm³/mol. The second-order valence-corrected chi connectivity index (χ2v) is 8.94. The van der Waals surface area contributed by atoms with Gasteiger partial charge in [0.15, 0.2) is 0 Å². The highest BCUT2D eigenvalue weighted by molar-refractivity contribution is 5.84. The Morgan fingerprint density at radius 1 is 1.15 bits per heavy atom. The van der Waals surface area contributed by atoms with E-state index in [4.69, 9.17) is 10.00 Å². The molecule has 0 N–H and O–H groups in total. The summed E-state index contributed by atoms with van der Waals surface area (Å²) in [6.45, 7) is 0.212. The van der Waals surface area contributed by atoms with E-state index in [0.29, 0.717) is 0 Å². The molecule has 1 aliphatic rings. The molecule has 34 heavy (non-hydrogen) atoms. The standard InChI is InChI=1S/C27H25N5O2/c1-32-23-14-21(7-8-22(23)17-30-32)20-6-4-5-19(13-20)18-34-26(33)15-27(10-2-3-11-27)24-9-12-29-25(16-28)31-24/h4-9,12-14,17H,2-3,10-11,15,18H2,1H3. The molecule has 2 aromatic heterocycles. The van der Waals surface area contributed by atoms with Crippen molar-refractivity contribution in [2.24, 2.45) is 7.05 Å². The van der Waals surface area contributed by atoms with E-state index >= 15 is 0 Å². The molecule has 0 aliphatic heterocycles. The van der Waals surface area contributed by atoms with Crippen molar-refractivity contribution in [1.29, 1.82) is 5.26 Å². The molecular weight excluding hydrogens is 426 g/mol. The van der Waals surface area contributed by atoms with Crippen LogP contribution in [-0.4, -0.2) is 25.7 Å². The highest BCUT2D eigenvalue weighted by Crippen LogP contribution is 2.43. The van der Waals surface area contributed by atoms with E-state index < -0.39 is 0 Å². The Balaban J connectivity index is 1.29. The molecule has 5 rings (SSSR count). The quantitative estimate of drug-likeness (QED) is 0.389. The first kappa shape index (κ1) is 21.8. The van der Waals surface area contributed by atoms with Gasteiger partial charge in [-0.1, -0.05) is 43.2 Å². The van der Waals surface area contributed by atoms with E-state index in [9.17, 15) is 4.79 Å². The fraction of sp³-hybridized carbons (Fsp3) is 0.296. The second-order valence-electron chi connectivity index (χ2n) is 8.94. The summed E-state index contributed by atoms with van der Waals surface area (Å²) in [5.74, 6) is -0.112. The van der Waals surface area contributed by atoms with Crippen LogP contribution in [0, 0.1) is 11.3 Å². The lowest BCUT2D eigenvalue weighted by atomic mass is 9.79. The smallest absolute Gasteiger partial charge is 0.307 e. The Hall–Kier alpha value is -4.05. The van der Waals surface area contributed by atoms with Gasteiger partial charge in [0.05, 0.1) is 23.8 Å². The van der Waals surface area contributed by atoms with Crippen LogP contribution >= 0.6 is 0 Å². The largest absolute Gasteiger partial charge is 0.461 e. The Morgan fingerprint density at radius 3 is 2.79 bits per heavy atom. The number of fused-ring (bicyclic) bond motifs is 1. The summed E-state index contributed by atoms with van der Waals surface area (Å²) in [5, 5.41) is 14.6. The fourth-order valence-electron chi connectivity index (χ4n) is 4.94. The summed E-state index contributed by atoms with van der Waals surface area (Å²) in [6, 6.07) is 18.1. The van der Waals surface area contributed by atoms with Gasteiger partial charge in [0.25, 0.3) is 0 Å². The van der Waals surface area contributed by atoms with Crippen LogP contribution in [0.1, 0.15) is 49.2 Å². The van der Waals surface area contributed by atoms with E-state index in [0.717, 1.165) is 59.0 Å².